The van der Waals surface area contributed by atoms with Gasteiger partial charge in [-0.2, -0.15) is 0 Å². The summed E-state index contributed by atoms with van der Waals surface area (Å²) in [6, 6.07) is 21.7. The van der Waals surface area contributed by atoms with Gasteiger partial charge in [-0.25, -0.2) is 4.39 Å². The highest BCUT2D eigenvalue weighted by atomic mass is 32.2. The lowest BCUT2D eigenvalue weighted by Crippen LogP contribution is -2.14. The smallest absolute Gasteiger partial charge is 0.234 e. The number of nitrogens with zero attached hydrogens (tertiary/aromatic N) is 3. The molecule has 3 aromatic carbocycles. The maximum absolute atomic E-state index is 13.4. The van der Waals surface area contributed by atoms with Crippen LogP contribution in [0.5, 0.6) is 5.75 Å². The summed E-state index contributed by atoms with van der Waals surface area (Å²) >= 11 is 1.26. The van der Waals surface area contributed by atoms with Crippen LogP contribution in [0.2, 0.25) is 0 Å². The van der Waals surface area contributed by atoms with Gasteiger partial charge in [0.05, 0.1) is 12.9 Å². The van der Waals surface area contributed by atoms with Crippen LogP contribution < -0.4 is 10.1 Å². The molecule has 4 aromatic rings. The molecule has 1 N–H and O–H groups in total. The number of halogens is 1. The Morgan fingerprint density at radius 1 is 1.03 bits per heavy atom. The SMILES string of the molecule is COc1ccc(-n2c(SCC(=O)Nc3cccc(F)c3)nnc2-c2ccc(C(C)(C)C)cc2)cc1. The molecule has 0 aliphatic carbocycles. The Morgan fingerprint density at radius 2 is 1.74 bits per heavy atom. The topological polar surface area (TPSA) is 69.0 Å². The molecule has 0 aliphatic rings. The molecule has 0 bridgehead atoms. The summed E-state index contributed by atoms with van der Waals surface area (Å²) in [5, 5.41) is 12.1. The normalized spacial score (nSPS) is 11.3. The number of aromatic nitrogens is 3. The Kier molecular flexibility index (Phi) is 7.21. The third kappa shape index (κ3) is 5.89. The first kappa shape index (κ1) is 24.5. The average molecular weight is 491 g/mol. The maximum Gasteiger partial charge on any atom is 0.234 e. The van der Waals surface area contributed by atoms with Crippen molar-refractivity contribution >= 4 is 23.4 Å². The molecule has 4 rings (SSSR count). The van der Waals surface area contributed by atoms with E-state index in [1.165, 1.54) is 29.5 Å². The summed E-state index contributed by atoms with van der Waals surface area (Å²) < 4.78 is 20.6. The zero-order valence-electron chi connectivity index (χ0n) is 20.1. The van der Waals surface area contributed by atoms with Crippen LogP contribution in [0.15, 0.2) is 78.0 Å². The van der Waals surface area contributed by atoms with Crippen LogP contribution in [0.25, 0.3) is 17.1 Å². The number of nitrogens with one attached hydrogen (secondary N) is 1. The molecule has 0 aliphatic heterocycles. The Balaban J connectivity index is 1.62. The van der Waals surface area contributed by atoms with Crippen molar-refractivity contribution < 1.29 is 13.9 Å². The monoisotopic (exact) mass is 490 g/mol. The van der Waals surface area contributed by atoms with Crippen molar-refractivity contribution in [1.29, 1.82) is 0 Å². The highest BCUT2D eigenvalue weighted by Gasteiger charge is 2.19. The van der Waals surface area contributed by atoms with Crippen LogP contribution in [0, 0.1) is 5.82 Å². The Hall–Kier alpha value is -3.65. The second-order valence-electron chi connectivity index (χ2n) is 9.01. The molecular formula is C27H27FN4O2S. The van der Waals surface area contributed by atoms with Gasteiger partial charge in [-0.15, -0.1) is 10.2 Å². The second-order valence-corrected chi connectivity index (χ2v) is 9.96. The van der Waals surface area contributed by atoms with Gasteiger partial charge in [0.1, 0.15) is 11.6 Å². The molecule has 1 heterocycles. The highest BCUT2D eigenvalue weighted by molar-refractivity contribution is 7.99. The lowest BCUT2D eigenvalue weighted by atomic mass is 9.87. The summed E-state index contributed by atoms with van der Waals surface area (Å²) in [5.74, 6) is 0.830. The molecule has 0 unspecified atom stereocenters. The fourth-order valence-electron chi connectivity index (χ4n) is 3.53. The molecule has 6 nitrogen and oxygen atoms in total. The van der Waals surface area contributed by atoms with Gasteiger partial charge >= 0.3 is 0 Å². The number of rotatable bonds is 7. The zero-order valence-corrected chi connectivity index (χ0v) is 20.9. The van der Waals surface area contributed by atoms with E-state index in [0.717, 1.165) is 17.0 Å². The van der Waals surface area contributed by atoms with Gasteiger partial charge in [-0.3, -0.25) is 9.36 Å². The number of hydrogen-bond acceptors (Lipinski definition) is 5. The molecule has 0 radical (unpaired) electrons. The van der Waals surface area contributed by atoms with Gasteiger partial charge < -0.3 is 10.1 Å². The first-order valence-electron chi connectivity index (χ1n) is 11.1. The van der Waals surface area contributed by atoms with E-state index < -0.39 is 5.82 Å². The quantitative estimate of drug-likeness (QED) is 0.317. The molecule has 0 fully saturated rings. The van der Waals surface area contributed by atoms with Gasteiger partial charge in [0.15, 0.2) is 11.0 Å². The van der Waals surface area contributed by atoms with E-state index in [4.69, 9.17) is 4.74 Å². The largest absolute Gasteiger partial charge is 0.497 e. The van der Waals surface area contributed by atoms with Crippen molar-refractivity contribution in [2.45, 2.75) is 31.3 Å². The zero-order chi connectivity index (χ0) is 25.0. The maximum atomic E-state index is 13.4. The Labute approximate surface area is 208 Å². The molecule has 0 saturated heterocycles. The first-order chi connectivity index (χ1) is 16.7. The number of carbonyl (C=O) groups is 1. The fraction of sp³-hybridized carbons (Fsp3) is 0.222. The van der Waals surface area contributed by atoms with E-state index >= 15 is 0 Å². The molecule has 0 saturated carbocycles. The molecular weight excluding hydrogens is 463 g/mol. The Morgan fingerprint density at radius 3 is 2.37 bits per heavy atom. The number of hydrogen-bond donors (Lipinski definition) is 1. The van der Waals surface area contributed by atoms with E-state index in [1.54, 1.807) is 19.2 Å². The average Bonchev–Trinajstić information content (AvgIpc) is 3.26. The number of amides is 1. The summed E-state index contributed by atoms with van der Waals surface area (Å²) in [6.07, 6.45) is 0. The van der Waals surface area contributed by atoms with Crippen molar-refractivity contribution in [2.75, 3.05) is 18.2 Å². The summed E-state index contributed by atoms with van der Waals surface area (Å²) in [6.45, 7) is 6.52. The minimum Gasteiger partial charge on any atom is -0.497 e. The third-order valence-electron chi connectivity index (χ3n) is 5.41. The van der Waals surface area contributed by atoms with Crippen molar-refractivity contribution in [3.05, 3.63) is 84.2 Å². The Bertz CT molecular complexity index is 1310. The summed E-state index contributed by atoms with van der Waals surface area (Å²) in [7, 11) is 1.62. The standard InChI is InChI=1S/C27H27FN4O2S/c1-27(2,3)19-10-8-18(9-11-19)25-30-31-26(32(25)22-12-14-23(34-4)15-13-22)35-17-24(33)29-21-7-5-6-20(28)16-21/h5-16H,17H2,1-4H3,(H,29,33). The number of thioether (sulfide) groups is 1. The van der Waals surface area contributed by atoms with Gasteiger partial charge in [-0.1, -0.05) is 62.9 Å². The van der Waals surface area contributed by atoms with Gasteiger partial charge in [0.2, 0.25) is 5.91 Å². The lowest BCUT2D eigenvalue weighted by molar-refractivity contribution is -0.113. The van der Waals surface area contributed by atoms with Crippen molar-refractivity contribution in [2.24, 2.45) is 0 Å². The predicted octanol–water partition coefficient (Wildman–Crippen LogP) is 6.11. The second kappa shape index (κ2) is 10.3. The van der Waals surface area contributed by atoms with Crippen LogP contribution in [-0.4, -0.2) is 33.5 Å². The van der Waals surface area contributed by atoms with Crippen LogP contribution in [0.1, 0.15) is 26.3 Å². The van der Waals surface area contributed by atoms with Gasteiger partial charge in [0, 0.05) is 16.9 Å². The minimum atomic E-state index is -0.406. The minimum absolute atomic E-state index is 0.0399. The summed E-state index contributed by atoms with van der Waals surface area (Å²) in [5.41, 5.74) is 3.43. The van der Waals surface area contributed by atoms with E-state index in [-0.39, 0.29) is 17.1 Å². The lowest BCUT2D eigenvalue weighted by Gasteiger charge is -2.19. The molecule has 35 heavy (non-hydrogen) atoms. The van der Waals surface area contributed by atoms with Crippen molar-refractivity contribution in [3.63, 3.8) is 0 Å². The number of anilines is 1. The van der Waals surface area contributed by atoms with Crippen LogP contribution in [0.3, 0.4) is 0 Å². The van der Waals surface area contributed by atoms with E-state index in [1.807, 2.05) is 41.0 Å². The molecule has 0 atom stereocenters. The number of methoxy groups -OCH3 is 1. The number of ether oxygens (including phenoxy) is 1. The van der Waals surface area contributed by atoms with Crippen LogP contribution in [-0.2, 0) is 10.2 Å². The molecule has 1 aromatic heterocycles. The highest BCUT2D eigenvalue weighted by Crippen LogP contribution is 2.31. The van der Waals surface area contributed by atoms with Gasteiger partial charge in [-0.05, 0) is 53.4 Å². The molecule has 0 spiro atoms. The van der Waals surface area contributed by atoms with Gasteiger partial charge in [0.25, 0.3) is 0 Å². The van der Waals surface area contributed by atoms with E-state index in [9.17, 15) is 9.18 Å². The van der Waals surface area contributed by atoms with Crippen molar-refractivity contribution in [3.8, 4) is 22.8 Å². The number of carbonyl (C=O) groups excluding carboxylic acids is 1. The molecule has 1 amide bonds. The first-order valence-corrected chi connectivity index (χ1v) is 12.1. The van der Waals surface area contributed by atoms with E-state index in [0.29, 0.717) is 16.7 Å². The van der Waals surface area contributed by atoms with Crippen LogP contribution >= 0.6 is 11.8 Å². The van der Waals surface area contributed by atoms with E-state index in [2.05, 4.69) is 48.4 Å². The summed E-state index contributed by atoms with van der Waals surface area (Å²) in [4.78, 5) is 12.5. The fourth-order valence-corrected chi connectivity index (χ4v) is 4.28. The third-order valence-corrected chi connectivity index (χ3v) is 6.34. The van der Waals surface area contributed by atoms with Crippen LogP contribution in [0.4, 0.5) is 10.1 Å². The number of benzene rings is 3. The molecule has 180 valence electrons. The predicted molar refractivity (Wildman–Crippen MR) is 138 cm³/mol. The molecule has 8 heteroatoms. The van der Waals surface area contributed by atoms with Crippen molar-refractivity contribution in [1.82, 2.24) is 14.8 Å².